The van der Waals surface area contributed by atoms with Crippen LogP contribution in [0.2, 0.25) is 0 Å². The van der Waals surface area contributed by atoms with Crippen LogP contribution in [0.15, 0.2) is 97.1 Å². The summed E-state index contributed by atoms with van der Waals surface area (Å²) >= 11 is 0. The minimum absolute atomic E-state index is 0.00455. The molecule has 0 radical (unpaired) electrons. The van der Waals surface area contributed by atoms with Crippen molar-refractivity contribution in [2.24, 2.45) is 0 Å². The normalized spacial score (nSPS) is 17.3. The Morgan fingerprint density at radius 3 is 1.27 bits per heavy atom. The van der Waals surface area contributed by atoms with Crippen molar-refractivity contribution in [3.05, 3.63) is 109 Å². The quantitative estimate of drug-likeness (QED) is 0.237. The van der Waals surface area contributed by atoms with Crippen molar-refractivity contribution in [1.29, 1.82) is 0 Å². The standard InChI is InChI=1S/C32H20N8/c1-2-10-18-17(9-1)25-33-26(18)38-28-21-13-5-6-14-22(21)30(35-28)40-32-24-16-8-7-15-23(24)31(36-32)39-29-20-12-4-3-11-19(20)27(34-29)37-25/h1-18H,(H2,33,34,35,36,37,38,39,40). The third-order valence-electron chi connectivity index (χ3n) is 7.82. The van der Waals surface area contributed by atoms with Crippen LogP contribution in [0.25, 0.3) is 66.9 Å². The summed E-state index contributed by atoms with van der Waals surface area (Å²) < 4.78 is 0. The van der Waals surface area contributed by atoms with Gasteiger partial charge in [-0.3, -0.25) is 0 Å². The molecule has 8 bridgehead atoms. The Bertz CT molecular complexity index is 2100. The number of fused-ring (bicyclic) bond motifs is 20. The molecule has 2 aliphatic heterocycles. The smallest absolute Gasteiger partial charge is 0.164 e. The molecule has 1 aliphatic carbocycles. The summed E-state index contributed by atoms with van der Waals surface area (Å²) in [7, 11) is 0. The zero-order valence-corrected chi connectivity index (χ0v) is 21.1. The number of nitrogens with zero attached hydrogens (tertiary/aromatic N) is 6. The summed E-state index contributed by atoms with van der Waals surface area (Å²) in [5, 5.41) is 3.90. The second-order valence-electron chi connectivity index (χ2n) is 10.1. The number of H-pyrrole nitrogens is 2. The lowest BCUT2D eigenvalue weighted by molar-refractivity contribution is 0.735. The number of hydrogen-bond donors (Lipinski definition) is 2. The highest BCUT2D eigenvalue weighted by molar-refractivity contribution is 6.05. The molecule has 0 saturated carbocycles. The van der Waals surface area contributed by atoms with Gasteiger partial charge in [-0.15, -0.1) is 0 Å². The maximum absolute atomic E-state index is 5.07. The Morgan fingerprint density at radius 1 is 0.425 bits per heavy atom. The zero-order chi connectivity index (χ0) is 26.2. The molecule has 5 heterocycles. The van der Waals surface area contributed by atoms with Gasteiger partial charge in [-0.05, 0) is 0 Å². The van der Waals surface area contributed by atoms with Gasteiger partial charge in [-0.25, -0.2) is 29.9 Å². The predicted molar refractivity (Wildman–Crippen MR) is 155 cm³/mol. The lowest BCUT2D eigenvalue weighted by Gasteiger charge is -2.13. The number of rotatable bonds is 0. The largest absolute Gasteiger partial charge is 0.324 e. The van der Waals surface area contributed by atoms with Gasteiger partial charge < -0.3 is 9.97 Å². The maximum atomic E-state index is 5.07. The second kappa shape index (κ2) is 8.00. The van der Waals surface area contributed by atoms with Crippen LogP contribution in [0, 0.1) is 0 Å². The number of nitrogens with one attached hydrogen (secondary N) is 2. The fraction of sp³-hybridized carbons (Fsp3) is 0.0625. The predicted octanol–water partition coefficient (Wildman–Crippen LogP) is 6.53. The monoisotopic (exact) mass is 516 g/mol. The first-order valence-corrected chi connectivity index (χ1v) is 13.2. The third-order valence-corrected chi connectivity index (χ3v) is 7.82. The summed E-state index contributed by atoms with van der Waals surface area (Å²) in [6.07, 6.45) is 8.40. The summed E-state index contributed by atoms with van der Waals surface area (Å²) in [4.78, 5) is 37.0. The lowest BCUT2D eigenvalue weighted by atomic mass is 9.90. The average Bonchev–Trinajstić information content (AvgIpc) is 3.73. The van der Waals surface area contributed by atoms with Gasteiger partial charge in [0.25, 0.3) is 0 Å². The lowest BCUT2D eigenvalue weighted by Crippen LogP contribution is -2.04. The highest BCUT2D eigenvalue weighted by Crippen LogP contribution is 2.39. The summed E-state index contributed by atoms with van der Waals surface area (Å²) in [5.74, 6) is 2.64. The molecule has 2 N–H and O–H groups in total. The van der Waals surface area contributed by atoms with Gasteiger partial charge in [0.1, 0.15) is 34.2 Å². The van der Waals surface area contributed by atoms with Crippen molar-refractivity contribution in [2.45, 2.75) is 11.8 Å². The molecule has 3 aromatic heterocycles. The van der Waals surface area contributed by atoms with Gasteiger partial charge in [-0.2, -0.15) is 0 Å². The Labute approximate surface area is 227 Å². The van der Waals surface area contributed by atoms with Crippen molar-refractivity contribution in [3.8, 4) is 22.8 Å². The van der Waals surface area contributed by atoms with Crippen LogP contribution in [0.3, 0.4) is 0 Å². The van der Waals surface area contributed by atoms with Gasteiger partial charge in [0.05, 0.1) is 11.8 Å². The number of allylic oxidation sites excluding steroid dienone is 4. The molecule has 2 unspecified atom stereocenters. The van der Waals surface area contributed by atoms with E-state index in [9.17, 15) is 0 Å². The van der Waals surface area contributed by atoms with E-state index < -0.39 is 0 Å². The average molecular weight is 517 g/mol. The number of aromatic amines is 2. The van der Waals surface area contributed by atoms with Crippen molar-refractivity contribution in [1.82, 2.24) is 39.9 Å². The molecule has 0 amide bonds. The summed E-state index contributed by atoms with van der Waals surface area (Å²) in [5.41, 5.74) is 4.71. The fourth-order valence-electron chi connectivity index (χ4n) is 5.91. The van der Waals surface area contributed by atoms with E-state index in [4.69, 9.17) is 29.9 Å². The summed E-state index contributed by atoms with van der Waals surface area (Å²) in [6.45, 7) is 0. The van der Waals surface area contributed by atoms with Gasteiger partial charge in [-0.1, -0.05) is 97.1 Å². The number of benzene rings is 3. The third kappa shape index (κ3) is 3.07. The minimum atomic E-state index is -0.00455. The highest BCUT2D eigenvalue weighted by Gasteiger charge is 2.32. The molecule has 6 aromatic rings. The van der Waals surface area contributed by atoms with Crippen LogP contribution >= 0.6 is 0 Å². The number of aromatic nitrogens is 8. The molecule has 40 heavy (non-hydrogen) atoms. The van der Waals surface area contributed by atoms with E-state index in [1.807, 2.05) is 48.5 Å². The van der Waals surface area contributed by atoms with Gasteiger partial charge in [0.2, 0.25) is 0 Å². The maximum Gasteiger partial charge on any atom is 0.164 e. The molecule has 3 aromatic carbocycles. The molecular formula is C32H20N8. The first-order chi connectivity index (χ1) is 19.8. The Hall–Kier alpha value is -5.50. The molecule has 8 heteroatoms. The van der Waals surface area contributed by atoms with Crippen LogP contribution in [-0.4, -0.2) is 39.9 Å². The van der Waals surface area contributed by atoms with E-state index in [0.29, 0.717) is 22.9 Å². The van der Waals surface area contributed by atoms with Gasteiger partial charge in [0, 0.05) is 32.7 Å². The van der Waals surface area contributed by atoms with Crippen LogP contribution in [-0.2, 0) is 0 Å². The minimum Gasteiger partial charge on any atom is -0.324 e. The highest BCUT2D eigenvalue weighted by atomic mass is 15.1. The van der Waals surface area contributed by atoms with Crippen LogP contribution in [0.5, 0.6) is 0 Å². The first kappa shape index (κ1) is 21.4. The van der Waals surface area contributed by atoms with Crippen LogP contribution in [0.1, 0.15) is 23.5 Å². The van der Waals surface area contributed by atoms with Crippen LogP contribution < -0.4 is 0 Å². The number of hydrogen-bond acceptors (Lipinski definition) is 6. The fourth-order valence-corrected chi connectivity index (χ4v) is 5.91. The molecule has 2 atom stereocenters. The van der Waals surface area contributed by atoms with Gasteiger partial charge >= 0.3 is 0 Å². The van der Waals surface area contributed by atoms with E-state index >= 15 is 0 Å². The van der Waals surface area contributed by atoms with Crippen molar-refractivity contribution in [3.63, 3.8) is 0 Å². The molecule has 0 spiro atoms. The Morgan fingerprint density at radius 2 is 0.825 bits per heavy atom. The van der Waals surface area contributed by atoms with Crippen LogP contribution in [0.4, 0.5) is 0 Å². The van der Waals surface area contributed by atoms with E-state index in [1.54, 1.807) is 0 Å². The van der Waals surface area contributed by atoms with E-state index in [2.05, 4.69) is 58.5 Å². The summed E-state index contributed by atoms with van der Waals surface area (Å²) in [6, 6.07) is 24.3. The Balaban J connectivity index is 1.49. The second-order valence-corrected chi connectivity index (χ2v) is 10.1. The topological polar surface area (TPSA) is 109 Å². The Kier molecular flexibility index (Phi) is 4.29. The molecule has 0 fully saturated rings. The molecule has 3 aliphatic rings. The first-order valence-electron chi connectivity index (χ1n) is 13.2. The molecular weight excluding hydrogens is 496 g/mol. The van der Waals surface area contributed by atoms with Gasteiger partial charge in [0.15, 0.2) is 11.6 Å². The SMILES string of the molecule is C1=CC2c3nc(nc4[nH]c(nc5nc(nc6[nH]c(n3)c3ccccc63)-c3ccccc3-5)c3ccccc43)C2C=C1. The van der Waals surface area contributed by atoms with E-state index in [1.165, 1.54) is 0 Å². The van der Waals surface area contributed by atoms with Crippen molar-refractivity contribution < 1.29 is 0 Å². The van der Waals surface area contributed by atoms with E-state index in [-0.39, 0.29) is 11.8 Å². The zero-order valence-electron chi connectivity index (χ0n) is 21.1. The van der Waals surface area contributed by atoms with Crippen molar-refractivity contribution >= 4 is 44.1 Å². The molecule has 9 rings (SSSR count). The molecule has 8 nitrogen and oxygen atoms in total. The molecule has 0 saturated heterocycles. The van der Waals surface area contributed by atoms with E-state index in [0.717, 1.165) is 55.6 Å². The van der Waals surface area contributed by atoms with Crippen molar-refractivity contribution in [2.75, 3.05) is 0 Å². The molecule has 188 valence electrons.